The maximum Gasteiger partial charge on any atom is 0.307 e. The highest BCUT2D eigenvalue weighted by Gasteiger charge is 2.46. The van der Waals surface area contributed by atoms with Crippen molar-refractivity contribution in [2.75, 3.05) is 13.2 Å². The van der Waals surface area contributed by atoms with Crippen molar-refractivity contribution in [2.45, 2.75) is 122 Å². The van der Waals surface area contributed by atoms with Gasteiger partial charge in [0.15, 0.2) is 5.79 Å². The number of benzene rings is 1. The van der Waals surface area contributed by atoms with Gasteiger partial charge in [0.2, 0.25) is 11.8 Å². The molecule has 0 aromatic heterocycles. The van der Waals surface area contributed by atoms with Gasteiger partial charge < -0.3 is 24.8 Å². The lowest BCUT2D eigenvalue weighted by Crippen LogP contribution is -2.56. The van der Waals surface area contributed by atoms with E-state index >= 15 is 0 Å². The van der Waals surface area contributed by atoms with Gasteiger partial charge in [0, 0.05) is 17.4 Å². The molecule has 0 radical (unpaired) electrons. The molecule has 1 heterocycles. The smallest absolute Gasteiger partial charge is 0.307 e. The van der Waals surface area contributed by atoms with Crippen LogP contribution in [0.5, 0.6) is 0 Å². The van der Waals surface area contributed by atoms with Gasteiger partial charge in [-0.25, -0.2) is 0 Å². The normalized spacial score (nSPS) is 26.6. The summed E-state index contributed by atoms with van der Waals surface area (Å²) >= 11 is 0. The van der Waals surface area contributed by atoms with E-state index in [1.165, 1.54) is 5.56 Å². The monoisotopic (exact) mass is 556 g/mol. The van der Waals surface area contributed by atoms with Crippen molar-refractivity contribution in [3.05, 3.63) is 35.9 Å². The predicted octanol–water partition coefficient (Wildman–Crippen LogP) is 4.83. The summed E-state index contributed by atoms with van der Waals surface area (Å²) in [6.07, 6.45) is 8.38. The van der Waals surface area contributed by atoms with Gasteiger partial charge in [0.1, 0.15) is 12.2 Å². The number of rotatable bonds is 11. The fourth-order valence-electron chi connectivity index (χ4n) is 6.12. The summed E-state index contributed by atoms with van der Waals surface area (Å²) < 4.78 is 17.4. The van der Waals surface area contributed by atoms with E-state index in [-0.39, 0.29) is 48.3 Å². The molecule has 2 amide bonds. The molecule has 1 aromatic rings. The highest BCUT2D eigenvalue weighted by molar-refractivity contribution is 5.84. The van der Waals surface area contributed by atoms with Gasteiger partial charge in [-0.05, 0) is 70.8 Å². The molecule has 1 aromatic carbocycles. The Kier molecular flexibility index (Phi) is 9.93. The number of esters is 1. The standard InChI is InChI=1S/C32H48N2O6/c1-30(2)22-38-31(3,4)40-27(30)28(36)33-21-17-26(35)39-25-16-9-8-15-24(25)34-29(37)32(19-11-20-32)18-10-14-23-12-6-5-7-13-23/h5-7,12-13,24-25,27H,8-11,14-22H2,1-4H3,(H,33,36)(H,34,37)/t24-,25-,27?/m0/s1. The molecule has 1 unspecified atom stereocenters. The van der Waals surface area contributed by atoms with Gasteiger partial charge in [-0.15, -0.1) is 0 Å². The Hall–Kier alpha value is -2.45. The zero-order chi connectivity index (χ0) is 28.8. The van der Waals surface area contributed by atoms with Gasteiger partial charge in [-0.3, -0.25) is 14.4 Å². The zero-order valence-electron chi connectivity index (χ0n) is 24.8. The molecule has 1 aliphatic heterocycles. The minimum Gasteiger partial charge on any atom is -0.460 e. The number of aryl methyl sites for hydroxylation is 1. The second kappa shape index (κ2) is 13.0. The lowest BCUT2D eigenvalue weighted by atomic mass is 9.65. The summed E-state index contributed by atoms with van der Waals surface area (Å²) in [6, 6.07) is 10.3. The van der Waals surface area contributed by atoms with Crippen molar-refractivity contribution in [1.82, 2.24) is 10.6 Å². The number of hydrogen-bond acceptors (Lipinski definition) is 6. The van der Waals surface area contributed by atoms with Crippen molar-refractivity contribution >= 4 is 17.8 Å². The second-order valence-corrected chi connectivity index (χ2v) is 13.1. The van der Waals surface area contributed by atoms with Crippen LogP contribution in [0, 0.1) is 10.8 Å². The molecule has 3 fully saturated rings. The first-order valence-corrected chi connectivity index (χ1v) is 15.1. The molecule has 2 saturated carbocycles. The van der Waals surface area contributed by atoms with E-state index in [2.05, 4.69) is 34.9 Å². The molecule has 0 bridgehead atoms. The van der Waals surface area contributed by atoms with E-state index in [1.807, 2.05) is 19.9 Å². The Balaban J connectivity index is 1.23. The lowest BCUT2D eigenvalue weighted by Gasteiger charge is -2.44. The summed E-state index contributed by atoms with van der Waals surface area (Å²) in [5.74, 6) is -1.33. The highest BCUT2D eigenvalue weighted by atomic mass is 16.7. The fourth-order valence-corrected chi connectivity index (χ4v) is 6.12. The van der Waals surface area contributed by atoms with Gasteiger partial charge in [0.25, 0.3) is 0 Å². The van der Waals surface area contributed by atoms with Crippen LogP contribution in [0.25, 0.3) is 0 Å². The third kappa shape index (κ3) is 7.84. The van der Waals surface area contributed by atoms with Crippen LogP contribution in [-0.4, -0.2) is 55.0 Å². The maximum atomic E-state index is 13.5. The van der Waals surface area contributed by atoms with E-state index in [9.17, 15) is 14.4 Å². The average molecular weight is 557 g/mol. The Morgan fingerprint density at radius 3 is 2.42 bits per heavy atom. The SMILES string of the molecule is CC1(C)OCC(C)(C)C(C(=O)NCCC(=O)O[C@H]2CCCC[C@@H]2NC(=O)C2(CCCc3ccccc3)CCC2)O1. The number of amides is 2. The molecular weight excluding hydrogens is 508 g/mol. The minimum absolute atomic E-state index is 0.0688. The molecule has 1 saturated heterocycles. The van der Waals surface area contributed by atoms with Crippen LogP contribution in [0.2, 0.25) is 0 Å². The van der Waals surface area contributed by atoms with E-state index in [4.69, 9.17) is 14.2 Å². The van der Waals surface area contributed by atoms with Crippen LogP contribution in [0.3, 0.4) is 0 Å². The number of hydrogen-bond donors (Lipinski definition) is 2. The Labute approximate surface area is 239 Å². The number of ether oxygens (including phenoxy) is 3. The summed E-state index contributed by atoms with van der Waals surface area (Å²) in [6.45, 7) is 8.00. The Bertz CT molecular complexity index is 1020. The lowest BCUT2D eigenvalue weighted by molar-refractivity contribution is -0.304. The molecule has 8 heteroatoms. The summed E-state index contributed by atoms with van der Waals surface area (Å²) in [5.41, 5.74) is 0.535. The first-order valence-electron chi connectivity index (χ1n) is 15.1. The van der Waals surface area contributed by atoms with Crippen molar-refractivity contribution in [1.29, 1.82) is 0 Å². The van der Waals surface area contributed by atoms with Crippen molar-refractivity contribution in [3.63, 3.8) is 0 Å². The molecule has 3 aliphatic rings. The largest absolute Gasteiger partial charge is 0.460 e. The highest BCUT2D eigenvalue weighted by Crippen LogP contribution is 2.45. The van der Waals surface area contributed by atoms with E-state index in [0.717, 1.165) is 64.2 Å². The van der Waals surface area contributed by atoms with Gasteiger partial charge >= 0.3 is 5.97 Å². The first-order chi connectivity index (χ1) is 19.0. The van der Waals surface area contributed by atoms with Crippen LogP contribution >= 0.6 is 0 Å². The van der Waals surface area contributed by atoms with E-state index in [1.54, 1.807) is 13.8 Å². The molecule has 3 atom stereocenters. The summed E-state index contributed by atoms with van der Waals surface area (Å²) in [4.78, 5) is 39.0. The average Bonchev–Trinajstić information content (AvgIpc) is 2.89. The van der Waals surface area contributed by atoms with Gasteiger partial charge in [-0.2, -0.15) is 0 Å². The Morgan fingerprint density at radius 1 is 1.00 bits per heavy atom. The fraction of sp³-hybridized carbons (Fsp3) is 0.719. The van der Waals surface area contributed by atoms with Gasteiger partial charge in [0.05, 0.1) is 19.1 Å². The quantitative estimate of drug-likeness (QED) is 0.379. The number of nitrogens with one attached hydrogen (secondary N) is 2. The molecular formula is C32H48N2O6. The first kappa shape index (κ1) is 30.5. The van der Waals surface area contributed by atoms with Crippen LogP contribution in [0.4, 0.5) is 0 Å². The van der Waals surface area contributed by atoms with Crippen LogP contribution in [0.15, 0.2) is 30.3 Å². The molecule has 8 nitrogen and oxygen atoms in total. The maximum absolute atomic E-state index is 13.5. The second-order valence-electron chi connectivity index (χ2n) is 13.1. The number of carbonyl (C=O) groups is 3. The van der Waals surface area contributed by atoms with E-state index < -0.39 is 17.3 Å². The van der Waals surface area contributed by atoms with Crippen molar-refractivity contribution in [3.8, 4) is 0 Å². The van der Waals surface area contributed by atoms with Crippen molar-refractivity contribution < 1.29 is 28.6 Å². The third-order valence-corrected chi connectivity index (χ3v) is 8.83. The molecule has 2 aliphatic carbocycles. The molecule has 222 valence electrons. The van der Waals surface area contributed by atoms with Crippen LogP contribution in [-0.2, 0) is 35.0 Å². The zero-order valence-corrected chi connectivity index (χ0v) is 24.8. The van der Waals surface area contributed by atoms with Crippen LogP contribution < -0.4 is 10.6 Å². The van der Waals surface area contributed by atoms with Gasteiger partial charge in [-0.1, -0.05) is 57.0 Å². The van der Waals surface area contributed by atoms with E-state index in [0.29, 0.717) is 6.61 Å². The predicted molar refractivity (Wildman–Crippen MR) is 152 cm³/mol. The topological polar surface area (TPSA) is 103 Å². The molecule has 0 spiro atoms. The summed E-state index contributed by atoms with van der Waals surface area (Å²) in [7, 11) is 0. The Morgan fingerprint density at radius 2 is 1.73 bits per heavy atom. The van der Waals surface area contributed by atoms with Crippen molar-refractivity contribution in [2.24, 2.45) is 10.8 Å². The minimum atomic E-state index is -0.836. The molecule has 2 N–H and O–H groups in total. The summed E-state index contributed by atoms with van der Waals surface area (Å²) in [5, 5.41) is 6.12. The number of carbonyl (C=O) groups excluding carboxylic acids is 3. The molecule has 40 heavy (non-hydrogen) atoms. The van der Waals surface area contributed by atoms with Crippen LogP contribution in [0.1, 0.15) is 97.5 Å². The molecule has 4 rings (SSSR count). The third-order valence-electron chi connectivity index (χ3n) is 8.83.